The van der Waals surface area contributed by atoms with E-state index in [2.05, 4.69) is 15.4 Å². The Labute approximate surface area is 162 Å². The van der Waals surface area contributed by atoms with Crippen LogP contribution in [0.3, 0.4) is 0 Å². The summed E-state index contributed by atoms with van der Waals surface area (Å²) in [7, 11) is 1.73. The van der Waals surface area contributed by atoms with Gasteiger partial charge in [0.1, 0.15) is 5.39 Å². The molecule has 1 atom stereocenters. The molecule has 0 fully saturated rings. The summed E-state index contributed by atoms with van der Waals surface area (Å²) in [6.45, 7) is 4.35. The number of hydrogen-bond acceptors (Lipinski definition) is 4. The maximum Gasteiger partial charge on any atom is 0.264 e. The number of nitrogens with zero attached hydrogens (tertiary/aromatic N) is 4. The van der Waals surface area contributed by atoms with E-state index in [0.717, 1.165) is 5.56 Å². The second kappa shape index (κ2) is 7.92. The lowest BCUT2D eigenvalue weighted by atomic mass is 9.96. The van der Waals surface area contributed by atoms with E-state index in [1.165, 1.54) is 17.1 Å². The van der Waals surface area contributed by atoms with Gasteiger partial charge in [-0.25, -0.2) is 4.98 Å². The van der Waals surface area contributed by atoms with E-state index in [1.54, 1.807) is 11.7 Å². The molecule has 142 valence electrons. The van der Waals surface area contributed by atoms with Gasteiger partial charge in [-0.05, 0) is 23.6 Å². The van der Waals surface area contributed by atoms with Crippen LogP contribution in [-0.2, 0) is 18.4 Å². The maximum atomic E-state index is 12.5. The van der Waals surface area contributed by atoms with Crippen LogP contribution in [0.5, 0.6) is 0 Å². The van der Waals surface area contributed by atoms with Gasteiger partial charge in [0.25, 0.3) is 5.56 Å². The summed E-state index contributed by atoms with van der Waals surface area (Å²) in [6, 6.07) is 7.33. The first-order valence-corrected chi connectivity index (χ1v) is 9.16. The van der Waals surface area contributed by atoms with Crippen molar-refractivity contribution in [1.29, 1.82) is 0 Å². The van der Waals surface area contributed by atoms with Gasteiger partial charge in [0.15, 0.2) is 5.65 Å². The van der Waals surface area contributed by atoms with E-state index >= 15 is 0 Å². The van der Waals surface area contributed by atoms with Gasteiger partial charge in [-0.15, -0.1) is 0 Å². The van der Waals surface area contributed by atoms with Gasteiger partial charge in [0, 0.05) is 25.0 Å². The number of carbonyl (C=O) groups excluding carboxylic acids is 1. The zero-order valence-corrected chi connectivity index (χ0v) is 16.3. The number of carbonyl (C=O) groups is 1. The summed E-state index contributed by atoms with van der Waals surface area (Å²) in [5.74, 6) is 0.0908. The molecule has 2 aromatic heterocycles. The Bertz CT molecular complexity index is 1010. The van der Waals surface area contributed by atoms with Gasteiger partial charge < -0.3 is 5.32 Å². The Balaban J connectivity index is 1.69. The minimum absolute atomic E-state index is 0.120. The molecule has 0 saturated carbocycles. The topological polar surface area (TPSA) is 81.8 Å². The standard InChI is InChI=1S/C19H22ClN5O2/c1-12(2)17(13-4-6-14(20)7-5-13)23-16(26)8-9-25-11-21-18-15(19(25)27)10-22-24(18)3/h4-7,10-12,17H,8-9H2,1-3H3,(H,23,26). The highest BCUT2D eigenvalue weighted by Gasteiger charge is 2.18. The molecule has 7 nitrogen and oxygen atoms in total. The fourth-order valence-electron chi connectivity index (χ4n) is 3.00. The number of hydrogen-bond donors (Lipinski definition) is 1. The maximum absolute atomic E-state index is 12.5. The Hall–Kier alpha value is -2.67. The quantitative estimate of drug-likeness (QED) is 0.705. The third kappa shape index (κ3) is 4.19. The largest absolute Gasteiger partial charge is 0.349 e. The molecular formula is C19H22ClN5O2. The molecule has 1 N–H and O–H groups in total. The number of rotatable bonds is 6. The molecule has 8 heteroatoms. The van der Waals surface area contributed by atoms with Crippen LogP contribution in [0.15, 0.2) is 41.6 Å². The number of halogens is 1. The van der Waals surface area contributed by atoms with Gasteiger partial charge in [-0.1, -0.05) is 37.6 Å². The number of nitrogens with one attached hydrogen (secondary N) is 1. The molecule has 27 heavy (non-hydrogen) atoms. The molecule has 0 bridgehead atoms. The summed E-state index contributed by atoms with van der Waals surface area (Å²) < 4.78 is 2.99. The van der Waals surface area contributed by atoms with Gasteiger partial charge >= 0.3 is 0 Å². The second-order valence-electron chi connectivity index (χ2n) is 6.84. The summed E-state index contributed by atoms with van der Waals surface area (Å²) in [5, 5.41) is 8.20. The molecular weight excluding hydrogens is 366 g/mol. The molecule has 0 aliphatic carbocycles. The highest BCUT2D eigenvalue weighted by Crippen LogP contribution is 2.23. The van der Waals surface area contributed by atoms with Crippen molar-refractivity contribution < 1.29 is 4.79 Å². The van der Waals surface area contributed by atoms with Crippen LogP contribution in [0.1, 0.15) is 31.9 Å². The van der Waals surface area contributed by atoms with Crippen LogP contribution in [0.2, 0.25) is 5.02 Å². The molecule has 0 aliphatic rings. The number of fused-ring (bicyclic) bond motifs is 1. The van der Waals surface area contributed by atoms with Gasteiger partial charge in [-0.2, -0.15) is 5.10 Å². The van der Waals surface area contributed by atoms with Crippen LogP contribution >= 0.6 is 11.6 Å². The predicted octanol–water partition coefficient (Wildman–Crippen LogP) is 2.69. The lowest BCUT2D eigenvalue weighted by molar-refractivity contribution is -0.122. The van der Waals surface area contributed by atoms with Crippen LogP contribution in [0.4, 0.5) is 0 Å². The molecule has 3 aromatic rings. The monoisotopic (exact) mass is 387 g/mol. The zero-order chi connectivity index (χ0) is 19.6. The Morgan fingerprint density at radius 2 is 1.96 bits per heavy atom. The number of amides is 1. The lowest BCUT2D eigenvalue weighted by Gasteiger charge is -2.23. The van der Waals surface area contributed by atoms with E-state index in [0.29, 0.717) is 16.1 Å². The van der Waals surface area contributed by atoms with Crippen LogP contribution < -0.4 is 10.9 Å². The van der Waals surface area contributed by atoms with Crippen molar-refractivity contribution in [2.75, 3.05) is 0 Å². The van der Waals surface area contributed by atoms with E-state index in [9.17, 15) is 9.59 Å². The zero-order valence-electron chi connectivity index (χ0n) is 15.5. The first-order valence-electron chi connectivity index (χ1n) is 8.79. The van der Waals surface area contributed by atoms with E-state index in [4.69, 9.17) is 11.6 Å². The van der Waals surface area contributed by atoms with Crippen LogP contribution in [0, 0.1) is 5.92 Å². The second-order valence-corrected chi connectivity index (χ2v) is 7.28. The van der Waals surface area contributed by atoms with Gasteiger partial charge in [-0.3, -0.25) is 18.8 Å². The molecule has 1 aromatic carbocycles. The molecule has 0 aliphatic heterocycles. The van der Waals surface area contributed by atoms with Crippen molar-refractivity contribution in [1.82, 2.24) is 24.6 Å². The van der Waals surface area contributed by atoms with Crippen molar-refractivity contribution in [3.8, 4) is 0 Å². The summed E-state index contributed by atoms with van der Waals surface area (Å²) in [4.78, 5) is 29.2. The minimum Gasteiger partial charge on any atom is -0.349 e. The predicted molar refractivity (Wildman–Crippen MR) is 105 cm³/mol. The summed E-state index contributed by atoms with van der Waals surface area (Å²) in [6.07, 6.45) is 3.14. The van der Waals surface area contributed by atoms with Crippen molar-refractivity contribution in [2.45, 2.75) is 32.9 Å². The fraction of sp³-hybridized carbons (Fsp3) is 0.368. The lowest BCUT2D eigenvalue weighted by Crippen LogP contribution is -2.33. The Kier molecular flexibility index (Phi) is 5.60. The van der Waals surface area contributed by atoms with Crippen molar-refractivity contribution in [3.05, 3.63) is 57.7 Å². The van der Waals surface area contributed by atoms with Gasteiger partial charge in [0.2, 0.25) is 5.91 Å². The number of aromatic nitrogens is 4. The normalized spacial score (nSPS) is 12.5. The molecule has 0 spiro atoms. The van der Waals surface area contributed by atoms with Crippen LogP contribution in [0.25, 0.3) is 11.0 Å². The van der Waals surface area contributed by atoms with Crippen molar-refractivity contribution >= 4 is 28.5 Å². The average Bonchev–Trinajstić information content (AvgIpc) is 3.02. The SMILES string of the molecule is CC(C)C(NC(=O)CCn1cnc2c(cnn2C)c1=O)c1ccc(Cl)cc1. The molecule has 1 amide bonds. The molecule has 0 saturated heterocycles. The van der Waals surface area contributed by atoms with Crippen molar-refractivity contribution in [2.24, 2.45) is 13.0 Å². The van der Waals surface area contributed by atoms with E-state index < -0.39 is 0 Å². The third-order valence-corrected chi connectivity index (χ3v) is 4.76. The van der Waals surface area contributed by atoms with Gasteiger partial charge in [0.05, 0.1) is 18.6 Å². The minimum atomic E-state index is -0.195. The van der Waals surface area contributed by atoms with E-state index in [1.807, 2.05) is 38.1 Å². The molecule has 0 radical (unpaired) electrons. The van der Waals surface area contributed by atoms with Crippen molar-refractivity contribution in [3.63, 3.8) is 0 Å². The first kappa shape index (κ1) is 19.1. The number of benzene rings is 1. The Morgan fingerprint density at radius 1 is 1.26 bits per heavy atom. The molecule has 1 unspecified atom stereocenters. The fourth-order valence-corrected chi connectivity index (χ4v) is 3.12. The summed E-state index contributed by atoms with van der Waals surface area (Å²) in [5.41, 5.74) is 1.33. The smallest absolute Gasteiger partial charge is 0.264 e. The highest BCUT2D eigenvalue weighted by atomic mass is 35.5. The molecule has 2 heterocycles. The Morgan fingerprint density at radius 3 is 2.63 bits per heavy atom. The highest BCUT2D eigenvalue weighted by molar-refractivity contribution is 6.30. The average molecular weight is 388 g/mol. The van der Waals surface area contributed by atoms with E-state index in [-0.39, 0.29) is 36.4 Å². The first-order chi connectivity index (χ1) is 12.9. The third-order valence-electron chi connectivity index (χ3n) is 4.51. The summed E-state index contributed by atoms with van der Waals surface area (Å²) >= 11 is 5.95. The number of aryl methyl sites for hydroxylation is 2. The van der Waals surface area contributed by atoms with Crippen LogP contribution in [-0.4, -0.2) is 25.2 Å². The molecule has 3 rings (SSSR count).